The van der Waals surface area contributed by atoms with Gasteiger partial charge in [-0.15, -0.1) is 0 Å². The maximum Gasteiger partial charge on any atom is 0.142 e. The van der Waals surface area contributed by atoms with E-state index in [-0.39, 0.29) is 6.04 Å². The van der Waals surface area contributed by atoms with Crippen molar-refractivity contribution in [2.24, 2.45) is 5.73 Å². The van der Waals surface area contributed by atoms with Crippen LogP contribution < -0.4 is 5.73 Å². The van der Waals surface area contributed by atoms with Gasteiger partial charge in [-0.1, -0.05) is 6.92 Å². The van der Waals surface area contributed by atoms with Crippen LogP contribution in [0.2, 0.25) is 0 Å². The van der Waals surface area contributed by atoms with Crippen molar-refractivity contribution in [1.29, 1.82) is 0 Å². The van der Waals surface area contributed by atoms with Crippen molar-refractivity contribution in [1.82, 2.24) is 0 Å². The van der Waals surface area contributed by atoms with Crippen molar-refractivity contribution in [3.8, 4) is 5.75 Å². The quantitative estimate of drug-likeness (QED) is 0.744. The van der Waals surface area contributed by atoms with Gasteiger partial charge in [-0.3, -0.25) is 0 Å². The number of phenols is 1. The molecule has 1 atom stereocenters. The van der Waals surface area contributed by atoms with Crippen LogP contribution in [0.25, 0.3) is 0 Å². The highest BCUT2D eigenvalue weighted by Gasteiger charge is 2.07. The average molecular weight is 417 g/mol. The molecule has 14 heavy (non-hydrogen) atoms. The summed E-state index contributed by atoms with van der Waals surface area (Å²) in [5, 5.41) is 9.58. The molecule has 0 saturated heterocycles. The second-order valence-corrected chi connectivity index (χ2v) is 5.60. The Labute approximate surface area is 112 Å². The highest BCUT2D eigenvalue weighted by atomic mass is 127. The zero-order valence-corrected chi connectivity index (χ0v) is 12.2. The molecular formula is C10H13I2NO. The first-order chi connectivity index (χ1) is 6.54. The summed E-state index contributed by atoms with van der Waals surface area (Å²) in [4.78, 5) is 0. The van der Waals surface area contributed by atoms with E-state index < -0.39 is 0 Å². The average Bonchev–Trinajstić information content (AvgIpc) is 2.14. The third-order valence-corrected chi connectivity index (χ3v) is 3.74. The molecule has 0 radical (unpaired) electrons. The van der Waals surface area contributed by atoms with Gasteiger partial charge in [0, 0.05) is 6.04 Å². The number of hydrogen-bond acceptors (Lipinski definition) is 2. The summed E-state index contributed by atoms with van der Waals surface area (Å²) in [7, 11) is 0. The molecule has 0 amide bonds. The lowest BCUT2D eigenvalue weighted by atomic mass is 10.0. The lowest BCUT2D eigenvalue weighted by Gasteiger charge is -2.10. The molecule has 0 spiro atoms. The molecule has 3 N–H and O–H groups in total. The molecule has 0 aliphatic carbocycles. The van der Waals surface area contributed by atoms with Gasteiger partial charge in [0.05, 0.1) is 7.14 Å². The molecule has 0 aromatic heterocycles. The monoisotopic (exact) mass is 417 g/mol. The van der Waals surface area contributed by atoms with E-state index >= 15 is 0 Å². The Morgan fingerprint density at radius 3 is 2.29 bits per heavy atom. The van der Waals surface area contributed by atoms with Crippen LogP contribution in [0.1, 0.15) is 18.9 Å². The van der Waals surface area contributed by atoms with Gasteiger partial charge in [-0.05, 0) is 75.7 Å². The van der Waals surface area contributed by atoms with E-state index in [0.29, 0.717) is 5.75 Å². The summed E-state index contributed by atoms with van der Waals surface area (Å²) in [6.07, 6.45) is 1.86. The molecular weight excluding hydrogens is 404 g/mol. The molecule has 78 valence electrons. The minimum Gasteiger partial charge on any atom is -0.506 e. The van der Waals surface area contributed by atoms with Crippen molar-refractivity contribution in [3.63, 3.8) is 0 Å². The molecule has 0 fully saturated rings. The van der Waals surface area contributed by atoms with Crippen LogP contribution in [0, 0.1) is 7.14 Å². The van der Waals surface area contributed by atoms with Gasteiger partial charge in [0.1, 0.15) is 5.75 Å². The van der Waals surface area contributed by atoms with Crippen molar-refractivity contribution in [3.05, 3.63) is 24.8 Å². The smallest absolute Gasteiger partial charge is 0.142 e. The maximum absolute atomic E-state index is 9.58. The largest absolute Gasteiger partial charge is 0.506 e. The maximum atomic E-state index is 9.58. The Bertz CT molecular complexity index is 305. The fourth-order valence-corrected chi connectivity index (χ4v) is 3.08. The number of nitrogens with two attached hydrogens (primary N) is 1. The Morgan fingerprint density at radius 2 is 1.86 bits per heavy atom. The number of halogens is 2. The first-order valence-corrected chi connectivity index (χ1v) is 6.62. The van der Waals surface area contributed by atoms with Gasteiger partial charge >= 0.3 is 0 Å². The number of aromatic hydroxyl groups is 1. The van der Waals surface area contributed by atoms with Crippen LogP contribution in [-0.2, 0) is 6.42 Å². The predicted octanol–water partition coefficient (Wildman–Crippen LogP) is 2.88. The highest BCUT2D eigenvalue weighted by Crippen LogP contribution is 2.27. The molecule has 0 heterocycles. The van der Waals surface area contributed by atoms with Gasteiger partial charge < -0.3 is 10.8 Å². The van der Waals surface area contributed by atoms with E-state index in [1.807, 2.05) is 12.1 Å². The predicted molar refractivity (Wildman–Crippen MR) is 75.5 cm³/mol. The summed E-state index contributed by atoms with van der Waals surface area (Å²) >= 11 is 4.28. The third kappa shape index (κ3) is 3.23. The number of benzene rings is 1. The van der Waals surface area contributed by atoms with Crippen LogP contribution in [0.4, 0.5) is 0 Å². The number of phenolic OH excluding ortho intramolecular Hbond substituents is 1. The van der Waals surface area contributed by atoms with E-state index in [9.17, 15) is 5.11 Å². The molecule has 0 aliphatic heterocycles. The number of hydrogen-bond donors (Lipinski definition) is 2. The molecule has 4 heteroatoms. The van der Waals surface area contributed by atoms with Gasteiger partial charge in [0.15, 0.2) is 0 Å². The summed E-state index contributed by atoms with van der Waals surface area (Å²) in [6, 6.07) is 4.20. The zero-order valence-electron chi connectivity index (χ0n) is 7.93. The zero-order chi connectivity index (χ0) is 10.7. The number of rotatable bonds is 3. The van der Waals surface area contributed by atoms with Crippen LogP contribution in [-0.4, -0.2) is 11.1 Å². The fourth-order valence-electron chi connectivity index (χ4n) is 1.18. The van der Waals surface area contributed by atoms with Gasteiger partial charge in [-0.2, -0.15) is 0 Å². The lowest BCUT2D eigenvalue weighted by molar-refractivity contribution is 0.467. The van der Waals surface area contributed by atoms with Crippen molar-refractivity contribution in [2.45, 2.75) is 25.8 Å². The van der Waals surface area contributed by atoms with Gasteiger partial charge in [0.25, 0.3) is 0 Å². The first kappa shape index (κ1) is 12.5. The van der Waals surface area contributed by atoms with Crippen LogP contribution in [0.15, 0.2) is 12.1 Å². The minimum atomic E-state index is 0.214. The standard InChI is InChI=1S/C10H13I2NO/c1-2-7(13)3-6-4-8(11)10(14)9(12)5-6/h4-5,7,14H,2-3,13H2,1H3. The molecule has 1 aromatic rings. The van der Waals surface area contributed by atoms with E-state index in [1.54, 1.807) is 0 Å². The van der Waals surface area contributed by atoms with E-state index in [1.165, 1.54) is 5.56 Å². The molecule has 2 nitrogen and oxygen atoms in total. The van der Waals surface area contributed by atoms with Crippen molar-refractivity contribution < 1.29 is 5.11 Å². The molecule has 0 bridgehead atoms. The second kappa shape index (κ2) is 5.50. The van der Waals surface area contributed by atoms with Gasteiger partial charge in [0.2, 0.25) is 0 Å². The van der Waals surface area contributed by atoms with E-state index in [4.69, 9.17) is 5.73 Å². The van der Waals surface area contributed by atoms with E-state index in [2.05, 4.69) is 52.1 Å². The van der Waals surface area contributed by atoms with Crippen molar-refractivity contribution in [2.75, 3.05) is 0 Å². The Morgan fingerprint density at radius 1 is 1.36 bits per heavy atom. The summed E-state index contributed by atoms with van der Waals surface area (Å²) in [5.41, 5.74) is 7.08. The van der Waals surface area contributed by atoms with E-state index in [0.717, 1.165) is 20.0 Å². The van der Waals surface area contributed by atoms with Crippen LogP contribution in [0.5, 0.6) is 5.75 Å². The minimum absolute atomic E-state index is 0.214. The second-order valence-electron chi connectivity index (χ2n) is 3.28. The summed E-state index contributed by atoms with van der Waals surface area (Å²) < 4.78 is 1.79. The Kier molecular flexibility index (Phi) is 4.92. The fraction of sp³-hybridized carbons (Fsp3) is 0.400. The molecule has 0 aliphatic rings. The van der Waals surface area contributed by atoms with Crippen LogP contribution >= 0.6 is 45.2 Å². The van der Waals surface area contributed by atoms with Crippen LogP contribution in [0.3, 0.4) is 0 Å². The summed E-state index contributed by atoms with van der Waals surface area (Å²) in [5.74, 6) is 0.375. The summed E-state index contributed by atoms with van der Waals surface area (Å²) in [6.45, 7) is 2.08. The topological polar surface area (TPSA) is 46.2 Å². The Hall–Kier alpha value is 0.440. The molecule has 1 rings (SSSR count). The van der Waals surface area contributed by atoms with Crippen molar-refractivity contribution >= 4 is 45.2 Å². The highest BCUT2D eigenvalue weighted by molar-refractivity contribution is 14.1. The Balaban J connectivity index is 2.89. The SMILES string of the molecule is CCC(N)Cc1cc(I)c(O)c(I)c1. The third-order valence-electron chi connectivity index (χ3n) is 2.10. The molecule has 1 aromatic carbocycles. The normalized spacial score (nSPS) is 12.9. The van der Waals surface area contributed by atoms with Gasteiger partial charge in [-0.25, -0.2) is 0 Å². The molecule has 0 saturated carbocycles. The molecule has 1 unspecified atom stereocenters. The first-order valence-electron chi connectivity index (χ1n) is 4.47. The lowest BCUT2D eigenvalue weighted by Crippen LogP contribution is -2.21.